The number of carbonyl (C=O) groups excluding carboxylic acids is 2. The first kappa shape index (κ1) is 23.8. The van der Waals surface area contributed by atoms with E-state index in [-0.39, 0.29) is 37.4 Å². The molecule has 3 N–H and O–H groups in total. The molecule has 2 amide bonds. The molecule has 1 aliphatic heterocycles. The van der Waals surface area contributed by atoms with Crippen molar-refractivity contribution in [3.63, 3.8) is 0 Å². The Morgan fingerprint density at radius 2 is 1.71 bits per heavy atom. The molecule has 0 radical (unpaired) electrons. The maximum absolute atomic E-state index is 12.5. The molecule has 0 saturated carbocycles. The van der Waals surface area contributed by atoms with Gasteiger partial charge >= 0.3 is 12.1 Å². The van der Waals surface area contributed by atoms with E-state index >= 15 is 0 Å². The first-order valence-electron chi connectivity index (χ1n) is 11.7. The van der Waals surface area contributed by atoms with Crippen LogP contribution >= 0.6 is 0 Å². The highest BCUT2D eigenvalue weighted by Crippen LogP contribution is 2.44. The second kappa shape index (κ2) is 10.7. The minimum atomic E-state index is -0.892. The number of ether oxygens (including phenoxy) is 2. The fourth-order valence-corrected chi connectivity index (χ4v) is 4.63. The van der Waals surface area contributed by atoms with Gasteiger partial charge in [0.25, 0.3) is 0 Å². The van der Waals surface area contributed by atoms with E-state index < -0.39 is 24.1 Å². The summed E-state index contributed by atoms with van der Waals surface area (Å²) in [5.41, 5.74) is 4.63. The number of hydrogen-bond donors (Lipinski definition) is 3. The summed E-state index contributed by atoms with van der Waals surface area (Å²) >= 11 is 0. The van der Waals surface area contributed by atoms with Crippen molar-refractivity contribution in [2.24, 2.45) is 11.8 Å². The minimum absolute atomic E-state index is 0.0142. The zero-order valence-corrected chi connectivity index (χ0v) is 19.2. The van der Waals surface area contributed by atoms with Crippen LogP contribution in [0, 0.1) is 11.8 Å². The standard InChI is InChI=1S/C26H30N2O6/c1-16(25(30)31)10-12-27-24(29)23-17(11-13-33-23)14-28-26(32)34-15-22-20-8-4-2-6-18(20)19-7-3-5-9-21(19)22/h2-9,16-17,22-23H,10-15H2,1H3,(H,27,29)(H,28,32)(H,30,31)/t16?,17-,23-/m1/s1. The second-order valence-electron chi connectivity index (χ2n) is 8.87. The van der Waals surface area contributed by atoms with E-state index in [1.165, 1.54) is 11.1 Å². The van der Waals surface area contributed by atoms with Crippen LogP contribution in [0.3, 0.4) is 0 Å². The number of rotatable bonds is 9. The molecule has 180 valence electrons. The number of aliphatic carboxylic acids is 1. The Morgan fingerprint density at radius 1 is 1.06 bits per heavy atom. The monoisotopic (exact) mass is 466 g/mol. The van der Waals surface area contributed by atoms with Crippen molar-refractivity contribution in [1.82, 2.24) is 10.6 Å². The third-order valence-corrected chi connectivity index (χ3v) is 6.62. The molecular formula is C26H30N2O6. The molecule has 1 unspecified atom stereocenters. The Bertz CT molecular complexity index is 1010. The van der Waals surface area contributed by atoms with Gasteiger partial charge < -0.3 is 25.2 Å². The van der Waals surface area contributed by atoms with Gasteiger partial charge in [-0.1, -0.05) is 55.5 Å². The van der Waals surface area contributed by atoms with Gasteiger partial charge in [0, 0.05) is 31.5 Å². The molecule has 0 spiro atoms. The molecule has 1 fully saturated rings. The number of benzene rings is 2. The average Bonchev–Trinajstić information content (AvgIpc) is 3.44. The van der Waals surface area contributed by atoms with E-state index in [0.717, 1.165) is 11.1 Å². The zero-order valence-electron chi connectivity index (χ0n) is 19.2. The van der Waals surface area contributed by atoms with Crippen LogP contribution < -0.4 is 10.6 Å². The number of alkyl carbamates (subject to hydrolysis) is 1. The molecule has 8 nitrogen and oxygen atoms in total. The van der Waals surface area contributed by atoms with Crippen LogP contribution in [0.25, 0.3) is 11.1 Å². The molecule has 8 heteroatoms. The summed E-state index contributed by atoms with van der Waals surface area (Å²) in [6.07, 6.45) is -0.207. The molecule has 2 aromatic carbocycles. The maximum Gasteiger partial charge on any atom is 0.407 e. The van der Waals surface area contributed by atoms with Crippen LogP contribution in [0.15, 0.2) is 48.5 Å². The van der Waals surface area contributed by atoms with Gasteiger partial charge in [-0.05, 0) is 35.1 Å². The number of carboxylic acid groups (broad SMARTS) is 1. The summed E-state index contributed by atoms with van der Waals surface area (Å²) in [6.45, 7) is 2.79. The summed E-state index contributed by atoms with van der Waals surface area (Å²) in [5.74, 6) is -1.89. The Labute approximate surface area is 198 Å². The number of nitrogens with one attached hydrogen (secondary N) is 2. The topological polar surface area (TPSA) is 114 Å². The highest BCUT2D eigenvalue weighted by molar-refractivity contribution is 5.82. The second-order valence-corrected chi connectivity index (χ2v) is 8.87. The summed E-state index contributed by atoms with van der Waals surface area (Å²) < 4.78 is 11.1. The number of hydrogen-bond acceptors (Lipinski definition) is 5. The predicted octanol–water partition coefficient (Wildman–Crippen LogP) is 3.16. The molecule has 34 heavy (non-hydrogen) atoms. The predicted molar refractivity (Wildman–Crippen MR) is 125 cm³/mol. The zero-order chi connectivity index (χ0) is 24.1. The van der Waals surface area contributed by atoms with Gasteiger partial charge in [-0.15, -0.1) is 0 Å². The lowest BCUT2D eigenvalue weighted by atomic mass is 9.98. The fourth-order valence-electron chi connectivity index (χ4n) is 4.63. The SMILES string of the molecule is CC(CCNC(=O)[C@@H]1OCC[C@@H]1CNC(=O)OCC1c2ccccc2-c2ccccc21)C(=O)O. The fraction of sp³-hybridized carbons (Fsp3) is 0.423. The summed E-state index contributed by atoms with van der Waals surface area (Å²) in [4.78, 5) is 35.8. The van der Waals surface area contributed by atoms with Gasteiger partial charge in [0.2, 0.25) is 5.91 Å². The lowest BCUT2D eigenvalue weighted by molar-refractivity contribution is -0.141. The average molecular weight is 467 g/mol. The van der Waals surface area contributed by atoms with Gasteiger partial charge in [0.05, 0.1) is 5.92 Å². The lowest BCUT2D eigenvalue weighted by Gasteiger charge is -2.19. The van der Waals surface area contributed by atoms with Crippen LogP contribution in [0.1, 0.15) is 36.8 Å². The number of carboxylic acids is 1. The van der Waals surface area contributed by atoms with Gasteiger partial charge in [-0.2, -0.15) is 0 Å². The molecule has 2 aromatic rings. The lowest BCUT2D eigenvalue weighted by Crippen LogP contribution is -2.42. The highest BCUT2D eigenvalue weighted by atomic mass is 16.5. The van der Waals surface area contributed by atoms with Crippen LogP contribution in [0.2, 0.25) is 0 Å². The quantitative estimate of drug-likeness (QED) is 0.523. The molecule has 0 bridgehead atoms. The van der Waals surface area contributed by atoms with E-state index in [9.17, 15) is 14.4 Å². The molecule has 0 aromatic heterocycles. The molecule has 4 rings (SSSR count). The van der Waals surface area contributed by atoms with Crippen molar-refractivity contribution in [3.8, 4) is 11.1 Å². The molecular weight excluding hydrogens is 436 g/mol. The largest absolute Gasteiger partial charge is 0.481 e. The highest BCUT2D eigenvalue weighted by Gasteiger charge is 2.35. The van der Waals surface area contributed by atoms with Gasteiger partial charge in [0.15, 0.2) is 0 Å². The van der Waals surface area contributed by atoms with E-state index in [1.807, 2.05) is 24.3 Å². The van der Waals surface area contributed by atoms with Gasteiger partial charge in [-0.25, -0.2) is 4.79 Å². The van der Waals surface area contributed by atoms with E-state index in [2.05, 4.69) is 34.9 Å². The molecule has 2 aliphatic rings. The van der Waals surface area contributed by atoms with Crippen molar-refractivity contribution in [1.29, 1.82) is 0 Å². The maximum atomic E-state index is 12.5. The van der Waals surface area contributed by atoms with Crippen molar-refractivity contribution < 1.29 is 29.0 Å². The van der Waals surface area contributed by atoms with Crippen molar-refractivity contribution in [2.75, 3.05) is 26.3 Å². The summed E-state index contributed by atoms with van der Waals surface area (Å²) in [6, 6.07) is 16.3. The Kier molecular flexibility index (Phi) is 7.47. The first-order chi connectivity index (χ1) is 16.5. The number of fused-ring (bicyclic) bond motifs is 3. The smallest absolute Gasteiger partial charge is 0.407 e. The third kappa shape index (κ3) is 5.22. The van der Waals surface area contributed by atoms with Gasteiger partial charge in [-0.3, -0.25) is 9.59 Å². The number of amides is 2. The Hall–Kier alpha value is -3.39. The third-order valence-electron chi connectivity index (χ3n) is 6.62. The number of carbonyl (C=O) groups is 3. The molecule has 1 aliphatic carbocycles. The molecule has 3 atom stereocenters. The summed E-state index contributed by atoms with van der Waals surface area (Å²) in [5, 5.41) is 14.5. The molecule has 1 heterocycles. The first-order valence-corrected chi connectivity index (χ1v) is 11.7. The Balaban J connectivity index is 1.26. The van der Waals surface area contributed by atoms with Crippen LogP contribution in [-0.2, 0) is 19.1 Å². The van der Waals surface area contributed by atoms with Crippen LogP contribution in [-0.4, -0.2) is 55.5 Å². The van der Waals surface area contributed by atoms with E-state index in [1.54, 1.807) is 6.92 Å². The van der Waals surface area contributed by atoms with Gasteiger partial charge in [0.1, 0.15) is 12.7 Å². The normalized spacial score (nSPS) is 19.7. The van der Waals surface area contributed by atoms with Crippen molar-refractivity contribution >= 4 is 18.0 Å². The molecule has 1 saturated heterocycles. The van der Waals surface area contributed by atoms with Crippen molar-refractivity contribution in [2.45, 2.75) is 31.8 Å². The van der Waals surface area contributed by atoms with Crippen LogP contribution in [0.4, 0.5) is 4.79 Å². The minimum Gasteiger partial charge on any atom is -0.481 e. The van der Waals surface area contributed by atoms with E-state index in [4.69, 9.17) is 14.6 Å². The van der Waals surface area contributed by atoms with Crippen LogP contribution in [0.5, 0.6) is 0 Å². The summed E-state index contributed by atoms with van der Waals surface area (Å²) in [7, 11) is 0. The Morgan fingerprint density at radius 3 is 2.35 bits per heavy atom. The van der Waals surface area contributed by atoms with E-state index in [0.29, 0.717) is 19.4 Å². The van der Waals surface area contributed by atoms with Crippen molar-refractivity contribution in [3.05, 3.63) is 59.7 Å².